The molecule has 0 aromatic carbocycles. The number of hydrogen-bond donors (Lipinski definition) is 3. The number of H-pyrrole nitrogens is 1. The third-order valence-electron chi connectivity index (χ3n) is 3.16. The van der Waals surface area contributed by atoms with Gasteiger partial charge in [-0.05, 0) is 6.92 Å². The highest BCUT2D eigenvalue weighted by atomic mass is 16.5. The number of aromatic amines is 1. The van der Waals surface area contributed by atoms with Crippen molar-refractivity contribution in [3.63, 3.8) is 0 Å². The van der Waals surface area contributed by atoms with Gasteiger partial charge in [0.05, 0.1) is 6.61 Å². The average molecular weight is 267 g/mol. The summed E-state index contributed by atoms with van der Waals surface area (Å²) >= 11 is 0. The van der Waals surface area contributed by atoms with Crippen LogP contribution >= 0.6 is 0 Å². The monoisotopic (exact) mass is 267 g/mol. The van der Waals surface area contributed by atoms with E-state index < -0.39 is 35.8 Å². The Morgan fingerprint density at radius 1 is 1.68 bits per heavy atom. The van der Waals surface area contributed by atoms with Gasteiger partial charge < -0.3 is 14.9 Å². The standard InChI is InChI=1S/C11H13N3O5/c1-6-3-14(10(17)13-9(6)16)8-2-11(18,5-12)7(4-15)19-8/h3,7-8,15,18H,2,4H2,1H3,(H,13,16,17)/t7-,8-,11-/m1/s1. The topological polar surface area (TPSA) is 128 Å². The second-order valence-electron chi connectivity index (χ2n) is 4.48. The maximum atomic E-state index is 11.7. The lowest BCUT2D eigenvalue weighted by atomic mass is 9.97. The third-order valence-corrected chi connectivity index (χ3v) is 3.16. The maximum Gasteiger partial charge on any atom is 0.330 e. The number of nitriles is 1. The van der Waals surface area contributed by atoms with Crippen molar-refractivity contribution < 1.29 is 14.9 Å². The molecule has 2 heterocycles. The molecule has 2 rings (SSSR count). The Bertz CT molecular complexity index is 643. The van der Waals surface area contributed by atoms with Gasteiger partial charge in [-0.25, -0.2) is 4.79 Å². The summed E-state index contributed by atoms with van der Waals surface area (Å²) in [5.74, 6) is 0. The fourth-order valence-corrected chi connectivity index (χ4v) is 2.02. The molecule has 0 spiro atoms. The summed E-state index contributed by atoms with van der Waals surface area (Å²) in [5.41, 5.74) is -2.76. The van der Waals surface area contributed by atoms with Crippen molar-refractivity contribution in [3.8, 4) is 6.07 Å². The molecule has 0 radical (unpaired) electrons. The van der Waals surface area contributed by atoms with E-state index in [4.69, 9.17) is 15.1 Å². The Labute approximate surface area is 107 Å². The van der Waals surface area contributed by atoms with Crippen molar-refractivity contribution in [1.82, 2.24) is 9.55 Å². The molecule has 0 amide bonds. The summed E-state index contributed by atoms with van der Waals surface area (Å²) in [6.07, 6.45) is -0.879. The van der Waals surface area contributed by atoms with Crippen LogP contribution in [-0.4, -0.2) is 38.1 Å². The van der Waals surface area contributed by atoms with Crippen molar-refractivity contribution in [3.05, 3.63) is 32.6 Å². The Morgan fingerprint density at radius 2 is 2.37 bits per heavy atom. The van der Waals surface area contributed by atoms with Gasteiger partial charge in [0.25, 0.3) is 5.56 Å². The molecule has 1 aromatic heterocycles. The number of aryl methyl sites for hydroxylation is 1. The van der Waals surface area contributed by atoms with Crippen molar-refractivity contribution in [2.24, 2.45) is 0 Å². The predicted octanol–water partition coefficient (Wildman–Crippen LogP) is -1.62. The van der Waals surface area contributed by atoms with Gasteiger partial charge in [0, 0.05) is 18.2 Å². The van der Waals surface area contributed by atoms with Gasteiger partial charge in [0.2, 0.25) is 0 Å². The molecule has 3 atom stereocenters. The fraction of sp³-hybridized carbons (Fsp3) is 0.545. The zero-order chi connectivity index (χ0) is 14.2. The quantitative estimate of drug-likeness (QED) is 0.552. The van der Waals surface area contributed by atoms with E-state index in [9.17, 15) is 14.7 Å². The Balaban J connectivity index is 2.41. The summed E-state index contributed by atoms with van der Waals surface area (Å²) in [5, 5.41) is 28.0. The molecule has 0 bridgehead atoms. The lowest BCUT2D eigenvalue weighted by molar-refractivity contribution is -0.0630. The lowest BCUT2D eigenvalue weighted by Gasteiger charge is -2.17. The molecule has 8 nitrogen and oxygen atoms in total. The van der Waals surface area contributed by atoms with Crippen LogP contribution in [0, 0.1) is 18.3 Å². The first-order valence-electron chi connectivity index (χ1n) is 5.63. The molecule has 102 valence electrons. The molecule has 0 unspecified atom stereocenters. The molecule has 1 saturated heterocycles. The van der Waals surface area contributed by atoms with Crippen molar-refractivity contribution in [2.45, 2.75) is 31.3 Å². The molecular weight excluding hydrogens is 254 g/mol. The number of aliphatic hydroxyl groups excluding tert-OH is 1. The van der Waals surface area contributed by atoms with E-state index in [0.29, 0.717) is 5.56 Å². The van der Waals surface area contributed by atoms with Gasteiger partial charge in [-0.15, -0.1) is 0 Å². The predicted molar refractivity (Wildman–Crippen MR) is 62.2 cm³/mol. The van der Waals surface area contributed by atoms with Crippen molar-refractivity contribution in [1.29, 1.82) is 5.26 Å². The third kappa shape index (κ3) is 2.19. The maximum absolute atomic E-state index is 11.7. The van der Waals surface area contributed by atoms with Crippen LogP contribution < -0.4 is 11.2 Å². The minimum atomic E-state index is -1.86. The smallest absolute Gasteiger partial charge is 0.330 e. The Kier molecular flexibility index (Phi) is 3.28. The molecule has 19 heavy (non-hydrogen) atoms. The number of aliphatic hydroxyl groups is 2. The van der Waals surface area contributed by atoms with Crippen LogP contribution in [0.5, 0.6) is 0 Å². The van der Waals surface area contributed by atoms with Gasteiger partial charge >= 0.3 is 5.69 Å². The van der Waals surface area contributed by atoms with E-state index in [2.05, 4.69) is 4.98 Å². The van der Waals surface area contributed by atoms with Crippen LogP contribution in [0.1, 0.15) is 18.2 Å². The summed E-state index contributed by atoms with van der Waals surface area (Å²) in [7, 11) is 0. The number of nitrogens with one attached hydrogen (secondary N) is 1. The van der Waals surface area contributed by atoms with E-state index in [1.807, 2.05) is 0 Å². The van der Waals surface area contributed by atoms with Crippen LogP contribution in [0.25, 0.3) is 0 Å². The fourth-order valence-electron chi connectivity index (χ4n) is 2.02. The molecule has 3 N–H and O–H groups in total. The number of hydrogen-bond acceptors (Lipinski definition) is 6. The van der Waals surface area contributed by atoms with E-state index in [1.165, 1.54) is 13.1 Å². The lowest BCUT2D eigenvalue weighted by Crippen LogP contribution is -2.38. The molecule has 8 heteroatoms. The summed E-state index contributed by atoms with van der Waals surface area (Å²) in [6, 6.07) is 1.67. The van der Waals surface area contributed by atoms with Gasteiger partial charge in [0.15, 0.2) is 5.60 Å². The van der Waals surface area contributed by atoms with E-state index in [1.54, 1.807) is 6.07 Å². The van der Waals surface area contributed by atoms with Crippen LogP contribution in [0.15, 0.2) is 15.8 Å². The molecule has 1 aliphatic rings. The largest absolute Gasteiger partial charge is 0.394 e. The van der Waals surface area contributed by atoms with Gasteiger partial charge in [0.1, 0.15) is 18.4 Å². The first kappa shape index (κ1) is 13.5. The first-order chi connectivity index (χ1) is 8.91. The van der Waals surface area contributed by atoms with E-state index in [-0.39, 0.29) is 6.42 Å². The second-order valence-corrected chi connectivity index (χ2v) is 4.48. The minimum Gasteiger partial charge on any atom is -0.394 e. The SMILES string of the molecule is Cc1cn([C@H]2C[C@@](O)(C#N)[C@@H](CO)O2)c(=O)[nH]c1=O. The number of ether oxygens (including phenoxy) is 1. The molecule has 1 aromatic rings. The van der Waals surface area contributed by atoms with Crippen LogP contribution in [0.2, 0.25) is 0 Å². The van der Waals surface area contributed by atoms with Gasteiger partial charge in [-0.1, -0.05) is 0 Å². The highest BCUT2D eigenvalue weighted by molar-refractivity contribution is 5.11. The van der Waals surface area contributed by atoms with Gasteiger partial charge in [-0.2, -0.15) is 5.26 Å². The van der Waals surface area contributed by atoms with Crippen LogP contribution in [0.4, 0.5) is 0 Å². The van der Waals surface area contributed by atoms with E-state index in [0.717, 1.165) is 4.57 Å². The number of rotatable bonds is 2. The van der Waals surface area contributed by atoms with Crippen molar-refractivity contribution >= 4 is 0 Å². The molecule has 1 fully saturated rings. The minimum absolute atomic E-state index is 0.167. The first-order valence-corrected chi connectivity index (χ1v) is 5.63. The molecule has 0 saturated carbocycles. The zero-order valence-corrected chi connectivity index (χ0v) is 10.2. The highest BCUT2D eigenvalue weighted by Gasteiger charge is 2.48. The number of aromatic nitrogens is 2. The highest BCUT2D eigenvalue weighted by Crippen LogP contribution is 2.35. The van der Waals surface area contributed by atoms with Crippen LogP contribution in [-0.2, 0) is 4.74 Å². The molecule has 1 aliphatic heterocycles. The Hall–Kier alpha value is -1.95. The normalized spacial score (nSPS) is 30.2. The summed E-state index contributed by atoms with van der Waals surface area (Å²) in [4.78, 5) is 25.0. The second kappa shape index (κ2) is 4.62. The summed E-state index contributed by atoms with van der Waals surface area (Å²) in [6.45, 7) is 0.974. The Morgan fingerprint density at radius 3 is 2.89 bits per heavy atom. The van der Waals surface area contributed by atoms with Crippen LogP contribution in [0.3, 0.4) is 0 Å². The van der Waals surface area contributed by atoms with Gasteiger partial charge in [-0.3, -0.25) is 14.3 Å². The summed E-state index contributed by atoms with van der Waals surface area (Å²) < 4.78 is 6.39. The van der Waals surface area contributed by atoms with E-state index >= 15 is 0 Å². The zero-order valence-electron chi connectivity index (χ0n) is 10.2. The molecule has 0 aliphatic carbocycles. The number of nitrogens with zero attached hydrogens (tertiary/aromatic N) is 2. The van der Waals surface area contributed by atoms with Crippen molar-refractivity contribution in [2.75, 3.05) is 6.61 Å². The molecular formula is C11H13N3O5. The average Bonchev–Trinajstić information content (AvgIpc) is 2.71.